The van der Waals surface area contributed by atoms with E-state index in [-0.39, 0.29) is 0 Å². The van der Waals surface area contributed by atoms with Crippen LogP contribution >= 0.6 is 0 Å². The summed E-state index contributed by atoms with van der Waals surface area (Å²) in [4.78, 5) is 13.4. The molecule has 0 aliphatic heterocycles. The fourth-order valence-electron chi connectivity index (χ4n) is 0.902. The van der Waals surface area contributed by atoms with Crippen LogP contribution in [-0.2, 0) is 0 Å². The first-order chi connectivity index (χ1) is 6.79. The molecule has 0 radical (unpaired) electrons. The predicted molar refractivity (Wildman–Crippen MR) is 45.6 cm³/mol. The molecule has 0 spiro atoms. The summed E-state index contributed by atoms with van der Waals surface area (Å²) in [5.74, 6) is -0.543. The Morgan fingerprint density at radius 2 is 2.13 bits per heavy atom. The minimum Gasteiger partial charge on any atom is -0.408 e. The third-order valence-electron chi connectivity index (χ3n) is 1.43. The van der Waals surface area contributed by atoms with Crippen molar-refractivity contribution < 1.29 is 25.0 Å². The standard InChI is InChI=1S/C7H8N2O6/c1-4-2-5(9(13)14)6(3-8-4)15-7(10,11)12/h2-3,10-12H,1H3. The van der Waals surface area contributed by atoms with Gasteiger partial charge in [-0.3, -0.25) is 15.1 Å². The highest BCUT2D eigenvalue weighted by atomic mass is 16.9. The molecule has 1 aromatic heterocycles. The van der Waals surface area contributed by atoms with E-state index < -0.39 is 22.5 Å². The van der Waals surface area contributed by atoms with Crippen LogP contribution in [0.25, 0.3) is 0 Å². The Kier molecular flexibility index (Phi) is 2.84. The minimum atomic E-state index is -3.47. The predicted octanol–water partition coefficient (Wildman–Crippen LogP) is -0.735. The van der Waals surface area contributed by atoms with Gasteiger partial charge < -0.3 is 20.1 Å². The topological polar surface area (TPSA) is 126 Å². The van der Waals surface area contributed by atoms with Gasteiger partial charge in [0.05, 0.1) is 11.1 Å². The lowest BCUT2D eigenvalue weighted by Crippen LogP contribution is -2.34. The Bertz CT molecular complexity index is 386. The van der Waals surface area contributed by atoms with Gasteiger partial charge in [-0.15, -0.1) is 0 Å². The van der Waals surface area contributed by atoms with Crippen LogP contribution in [0.15, 0.2) is 12.3 Å². The Hall–Kier alpha value is -1.77. The van der Waals surface area contributed by atoms with Crippen LogP contribution in [0.3, 0.4) is 0 Å². The van der Waals surface area contributed by atoms with Crippen molar-refractivity contribution in [3.8, 4) is 5.75 Å². The second kappa shape index (κ2) is 3.77. The van der Waals surface area contributed by atoms with Crippen molar-refractivity contribution >= 4 is 5.69 Å². The molecule has 0 aliphatic rings. The van der Waals surface area contributed by atoms with Crippen LogP contribution in [-0.4, -0.2) is 31.4 Å². The van der Waals surface area contributed by atoms with Crippen LogP contribution in [0, 0.1) is 17.0 Å². The summed E-state index contributed by atoms with van der Waals surface area (Å²) in [5.41, 5.74) is -0.169. The van der Waals surface area contributed by atoms with Crippen molar-refractivity contribution in [2.75, 3.05) is 0 Å². The highest BCUT2D eigenvalue weighted by molar-refractivity contribution is 5.45. The van der Waals surface area contributed by atoms with Crippen LogP contribution < -0.4 is 4.74 Å². The summed E-state index contributed by atoms with van der Waals surface area (Å²) in [6, 6.07) is 1.07. The van der Waals surface area contributed by atoms with Gasteiger partial charge in [-0.25, -0.2) is 0 Å². The number of nitro groups is 1. The lowest BCUT2D eigenvalue weighted by atomic mass is 10.3. The SMILES string of the molecule is Cc1cc([N+](=O)[O-])c(OC(O)(O)O)cn1. The maximum atomic E-state index is 10.5. The first-order valence-electron chi connectivity index (χ1n) is 3.77. The second-order valence-electron chi connectivity index (χ2n) is 2.73. The van der Waals surface area contributed by atoms with Crippen LogP contribution in [0.2, 0.25) is 0 Å². The summed E-state index contributed by atoms with van der Waals surface area (Å²) in [5, 5.41) is 36.0. The van der Waals surface area contributed by atoms with Gasteiger partial charge in [0.2, 0.25) is 5.75 Å². The largest absolute Gasteiger partial charge is 0.453 e. The Balaban J connectivity index is 3.12. The number of aromatic nitrogens is 1. The molecule has 0 saturated carbocycles. The summed E-state index contributed by atoms with van der Waals surface area (Å²) in [6.45, 7) is 1.51. The molecule has 0 saturated heterocycles. The number of aryl methyl sites for hydroxylation is 1. The fraction of sp³-hybridized carbons (Fsp3) is 0.286. The van der Waals surface area contributed by atoms with Crippen LogP contribution in [0.1, 0.15) is 5.69 Å². The summed E-state index contributed by atoms with van der Waals surface area (Å²) in [6.07, 6.45) is -2.56. The number of aliphatic hydroxyl groups is 3. The van der Waals surface area contributed by atoms with Crippen molar-refractivity contribution in [3.63, 3.8) is 0 Å². The fourth-order valence-corrected chi connectivity index (χ4v) is 0.902. The molecule has 0 unspecified atom stereocenters. The second-order valence-corrected chi connectivity index (χ2v) is 2.73. The smallest absolute Gasteiger partial charge is 0.408 e. The molecule has 0 aromatic carbocycles. The molecule has 1 heterocycles. The molecule has 0 amide bonds. The Morgan fingerprint density at radius 3 is 2.60 bits per heavy atom. The van der Waals surface area contributed by atoms with Gasteiger partial charge in [-0.05, 0) is 6.92 Å². The number of rotatable bonds is 3. The summed E-state index contributed by atoms with van der Waals surface area (Å²) >= 11 is 0. The van der Waals surface area contributed by atoms with Gasteiger partial charge in [0.15, 0.2) is 0 Å². The van der Waals surface area contributed by atoms with Crippen LogP contribution in [0.4, 0.5) is 5.69 Å². The third kappa shape index (κ3) is 3.13. The number of hydrogen-bond acceptors (Lipinski definition) is 7. The van der Waals surface area contributed by atoms with E-state index in [1.165, 1.54) is 6.92 Å². The van der Waals surface area contributed by atoms with Gasteiger partial charge in [0.1, 0.15) is 0 Å². The minimum absolute atomic E-state index is 0.355. The molecule has 8 nitrogen and oxygen atoms in total. The van der Waals surface area contributed by atoms with Gasteiger partial charge in [0.25, 0.3) is 0 Å². The van der Waals surface area contributed by atoms with Crippen LogP contribution in [0.5, 0.6) is 5.75 Å². The Labute approximate surface area is 83.5 Å². The molecule has 15 heavy (non-hydrogen) atoms. The zero-order valence-corrected chi connectivity index (χ0v) is 7.62. The molecular formula is C7H8N2O6. The number of pyridine rings is 1. The number of nitrogens with zero attached hydrogens (tertiary/aromatic N) is 2. The van der Waals surface area contributed by atoms with E-state index in [2.05, 4.69) is 9.72 Å². The third-order valence-corrected chi connectivity index (χ3v) is 1.43. The van der Waals surface area contributed by atoms with Crippen molar-refractivity contribution in [3.05, 3.63) is 28.1 Å². The maximum absolute atomic E-state index is 10.5. The lowest BCUT2D eigenvalue weighted by molar-refractivity contribution is -0.427. The number of hydrogen-bond donors (Lipinski definition) is 3. The molecule has 0 atom stereocenters. The van der Waals surface area contributed by atoms with E-state index in [1.54, 1.807) is 0 Å². The molecular weight excluding hydrogens is 208 g/mol. The van der Waals surface area contributed by atoms with E-state index in [4.69, 9.17) is 15.3 Å². The van der Waals surface area contributed by atoms with Crippen molar-refractivity contribution in [1.29, 1.82) is 0 Å². The number of ether oxygens (including phenoxy) is 1. The summed E-state index contributed by atoms with van der Waals surface area (Å²) < 4.78 is 4.11. The quantitative estimate of drug-likeness (QED) is 0.345. The molecule has 0 fully saturated rings. The first kappa shape index (κ1) is 11.3. The van der Waals surface area contributed by atoms with Crippen molar-refractivity contribution in [2.24, 2.45) is 0 Å². The van der Waals surface area contributed by atoms with Gasteiger partial charge in [-0.1, -0.05) is 0 Å². The summed E-state index contributed by atoms with van der Waals surface area (Å²) in [7, 11) is 0. The van der Waals surface area contributed by atoms with E-state index in [9.17, 15) is 10.1 Å². The van der Waals surface area contributed by atoms with E-state index in [0.29, 0.717) is 5.69 Å². The zero-order valence-electron chi connectivity index (χ0n) is 7.62. The average Bonchev–Trinajstić information content (AvgIpc) is 2.05. The lowest BCUT2D eigenvalue weighted by Gasteiger charge is -2.14. The van der Waals surface area contributed by atoms with Gasteiger partial charge >= 0.3 is 11.8 Å². The highest BCUT2D eigenvalue weighted by Gasteiger charge is 2.27. The van der Waals surface area contributed by atoms with E-state index in [1.807, 2.05) is 0 Å². The molecule has 0 bridgehead atoms. The molecule has 3 N–H and O–H groups in total. The van der Waals surface area contributed by atoms with Crippen molar-refractivity contribution in [1.82, 2.24) is 4.98 Å². The maximum Gasteiger partial charge on any atom is 0.453 e. The highest BCUT2D eigenvalue weighted by Crippen LogP contribution is 2.27. The van der Waals surface area contributed by atoms with E-state index in [0.717, 1.165) is 12.3 Å². The first-order valence-corrected chi connectivity index (χ1v) is 3.77. The molecule has 1 rings (SSSR count). The monoisotopic (exact) mass is 216 g/mol. The Morgan fingerprint density at radius 1 is 1.53 bits per heavy atom. The molecule has 0 aliphatic carbocycles. The van der Waals surface area contributed by atoms with Gasteiger partial charge in [-0.2, -0.15) is 0 Å². The molecule has 82 valence electrons. The van der Waals surface area contributed by atoms with E-state index >= 15 is 0 Å². The molecule has 8 heteroatoms. The molecule has 1 aromatic rings. The van der Waals surface area contributed by atoms with Gasteiger partial charge in [0, 0.05) is 11.8 Å². The zero-order chi connectivity index (χ0) is 11.6. The average molecular weight is 216 g/mol. The van der Waals surface area contributed by atoms with Crippen molar-refractivity contribution in [2.45, 2.75) is 13.1 Å². The normalized spacial score (nSPS) is 11.2.